The maximum atomic E-state index is 11.5. The van der Waals surface area contributed by atoms with Crippen LogP contribution in [0.4, 0.5) is 0 Å². The first-order valence-electron chi connectivity index (χ1n) is 4.53. The molecule has 0 saturated carbocycles. The first-order chi connectivity index (χ1) is 5.80. The fourth-order valence-electron chi connectivity index (χ4n) is 1.19. The number of Topliss-reactive ketones (excluding diaryl/α,β-unsaturated/α-hetero) is 1. The van der Waals surface area contributed by atoms with Crippen molar-refractivity contribution in [3.63, 3.8) is 0 Å². The fourth-order valence-corrected chi connectivity index (χ4v) is 1.84. The normalized spacial score (nSPS) is 16.6. The predicted molar refractivity (Wildman–Crippen MR) is 53.4 cm³/mol. The molecule has 0 N–H and O–H groups in total. The molecule has 0 aromatic carbocycles. The molecule has 0 aliphatic carbocycles. The number of carbonyl (C=O) groups is 1. The number of rotatable bonds is 5. The Balaban J connectivity index is 4.44. The number of hydrogen-bond donors (Lipinski definition) is 0. The van der Waals surface area contributed by atoms with E-state index in [2.05, 4.69) is 0 Å². The lowest BCUT2D eigenvalue weighted by molar-refractivity contribution is -0.121. The highest BCUT2D eigenvalue weighted by Crippen LogP contribution is 2.12. The van der Waals surface area contributed by atoms with E-state index >= 15 is 0 Å². The summed E-state index contributed by atoms with van der Waals surface area (Å²) in [5, 5.41) is -0.853. The smallest absolute Gasteiger partial charge is 0.157 e. The van der Waals surface area contributed by atoms with Gasteiger partial charge in [0.05, 0.1) is 0 Å². The summed E-state index contributed by atoms with van der Waals surface area (Å²) in [6, 6.07) is 0. The second-order valence-electron chi connectivity index (χ2n) is 3.56. The van der Waals surface area contributed by atoms with Crippen LogP contribution in [-0.2, 0) is 14.6 Å². The Labute approximate surface area is 80.4 Å². The molecule has 0 radical (unpaired) electrons. The van der Waals surface area contributed by atoms with Crippen LogP contribution in [-0.4, -0.2) is 25.7 Å². The maximum Gasteiger partial charge on any atom is 0.157 e. The van der Waals surface area contributed by atoms with Crippen molar-refractivity contribution in [3.05, 3.63) is 0 Å². The van der Waals surface area contributed by atoms with Crippen molar-refractivity contribution >= 4 is 15.6 Å². The van der Waals surface area contributed by atoms with Gasteiger partial charge in [-0.15, -0.1) is 0 Å². The molecule has 3 nitrogen and oxygen atoms in total. The van der Waals surface area contributed by atoms with Gasteiger partial charge in [0.2, 0.25) is 0 Å². The zero-order chi connectivity index (χ0) is 10.6. The van der Waals surface area contributed by atoms with E-state index in [0.717, 1.165) is 19.1 Å². The summed E-state index contributed by atoms with van der Waals surface area (Å²) in [7, 11) is -3.21. The molecular formula is C9H18O3S. The highest BCUT2D eigenvalue weighted by molar-refractivity contribution is 7.92. The molecule has 2 atom stereocenters. The maximum absolute atomic E-state index is 11.5. The average molecular weight is 206 g/mol. The van der Waals surface area contributed by atoms with Crippen LogP contribution in [0.25, 0.3) is 0 Å². The highest BCUT2D eigenvalue weighted by Gasteiger charge is 2.26. The van der Waals surface area contributed by atoms with Crippen LogP contribution in [0.15, 0.2) is 0 Å². The molecule has 0 amide bonds. The van der Waals surface area contributed by atoms with Crippen molar-refractivity contribution in [2.45, 2.75) is 38.9 Å². The standard InChI is InChI=1S/C9H18O3S/c1-5-6-7(2)9(10)8(3)13(4,11)12/h7-8H,5-6H2,1-4H3. The second kappa shape index (κ2) is 4.74. The SMILES string of the molecule is CCCC(C)C(=O)C(C)S(C)(=O)=O. The van der Waals surface area contributed by atoms with Crippen molar-refractivity contribution < 1.29 is 13.2 Å². The van der Waals surface area contributed by atoms with Gasteiger partial charge in [-0.2, -0.15) is 0 Å². The Morgan fingerprint density at radius 2 is 1.77 bits per heavy atom. The molecule has 0 fully saturated rings. The van der Waals surface area contributed by atoms with Crippen LogP contribution < -0.4 is 0 Å². The largest absolute Gasteiger partial charge is 0.298 e. The van der Waals surface area contributed by atoms with Crippen LogP contribution in [0.5, 0.6) is 0 Å². The van der Waals surface area contributed by atoms with Crippen LogP contribution in [0.3, 0.4) is 0 Å². The van der Waals surface area contributed by atoms with Gasteiger partial charge in [-0.1, -0.05) is 20.3 Å². The molecule has 0 heterocycles. The zero-order valence-electron chi connectivity index (χ0n) is 8.70. The molecule has 0 aliphatic heterocycles. The van der Waals surface area contributed by atoms with E-state index < -0.39 is 15.1 Å². The molecule has 78 valence electrons. The summed E-state index contributed by atoms with van der Waals surface area (Å²) in [5.41, 5.74) is 0. The van der Waals surface area contributed by atoms with Gasteiger partial charge in [0.15, 0.2) is 15.6 Å². The van der Waals surface area contributed by atoms with Crippen LogP contribution in [0.2, 0.25) is 0 Å². The van der Waals surface area contributed by atoms with E-state index in [1.807, 2.05) is 6.92 Å². The lowest BCUT2D eigenvalue weighted by atomic mass is 9.99. The van der Waals surface area contributed by atoms with Gasteiger partial charge in [-0.25, -0.2) is 8.42 Å². The van der Waals surface area contributed by atoms with Gasteiger partial charge in [0.25, 0.3) is 0 Å². The topological polar surface area (TPSA) is 51.2 Å². The molecule has 0 aliphatic rings. The monoisotopic (exact) mass is 206 g/mol. The third-order valence-corrected chi connectivity index (χ3v) is 3.77. The minimum atomic E-state index is -3.21. The summed E-state index contributed by atoms with van der Waals surface area (Å²) in [5.74, 6) is -0.306. The third-order valence-electron chi connectivity index (χ3n) is 2.25. The van der Waals surface area contributed by atoms with Crippen LogP contribution in [0.1, 0.15) is 33.6 Å². The molecule has 0 aromatic rings. The van der Waals surface area contributed by atoms with E-state index in [4.69, 9.17) is 0 Å². The molecule has 0 aromatic heterocycles. The highest BCUT2D eigenvalue weighted by atomic mass is 32.2. The first kappa shape index (κ1) is 12.6. The van der Waals surface area contributed by atoms with Gasteiger partial charge in [-0.05, 0) is 13.3 Å². The molecule has 0 spiro atoms. The molecular weight excluding hydrogens is 188 g/mol. The van der Waals surface area contributed by atoms with Gasteiger partial charge >= 0.3 is 0 Å². The van der Waals surface area contributed by atoms with E-state index in [1.54, 1.807) is 6.92 Å². The lowest BCUT2D eigenvalue weighted by Gasteiger charge is -2.13. The minimum Gasteiger partial charge on any atom is -0.298 e. The minimum absolute atomic E-state index is 0.144. The third kappa shape index (κ3) is 3.89. The van der Waals surface area contributed by atoms with Gasteiger partial charge in [-0.3, -0.25) is 4.79 Å². The molecule has 13 heavy (non-hydrogen) atoms. The summed E-state index contributed by atoms with van der Waals surface area (Å²) in [4.78, 5) is 11.5. The molecule has 0 bridgehead atoms. The van der Waals surface area contributed by atoms with Crippen molar-refractivity contribution in [1.29, 1.82) is 0 Å². The number of ketones is 1. The van der Waals surface area contributed by atoms with E-state index in [9.17, 15) is 13.2 Å². The Hall–Kier alpha value is -0.380. The Kier molecular flexibility index (Phi) is 4.61. The average Bonchev–Trinajstić information content (AvgIpc) is 2.00. The van der Waals surface area contributed by atoms with Crippen molar-refractivity contribution in [3.8, 4) is 0 Å². The Morgan fingerprint density at radius 3 is 2.08 bits per heavy atom. The van der Waals surface area contributed by atoms with E-state index in [1.165, 1.54) is 6.92 Å². The predicted octanol–water partition coefficient (Wildman–Crippen LogP) is 1.42. The number of sulfone groups is 1. The summed E-state index contributed by atoms with van der Waals surface area (Å²) >= 11 is 0. The summed E-state index contributed by atoms with van der Waals surface area (Å²) < 4.78 is 22.1. The molecule has 4 heteroatoms. The van der Waals surface area contributed by atoms with Crippen LogP contribution >= 0.6 is 0 Å². The summed E-state index contributed by atoms with van der Waals surface area (Å²) in [6.07, 6.45) is 2.77. The molecule has 2 unspecified atom stereocenters. The molecule has 0 rings (SSSR count). The van der Waals surface area contributed by atoms with Crippen LogP contribution in [0, 0.1) is 5.92 Å². The summed E-state index contributed by atoms with van der Waals surface area (Å²) in [6.45, 7) is 5.23. The van der Waals surface area contributed by atoms with Gasteiger partial charge in [0.1, 0.15) is 5.25 Å². The first-order valence-corrected chi connectivity index (χ1v) is 6.48. The zero-order valence-corrected chi connectivity index (χ0v) is 9.52. The van der Waals surface area contributed by atoms with E-state index in [-0.39, 0.29) is 11.7 Å². The number of hydrogen-bond acceptors (Lipinski definition) is 3. The fraction of sp³-hybridized carbons (Fsp3) is 0.889. The van der Waals surface area contributed by atoms with Gasteiger partial charge in [0, 0.05) is 12.2 Å². The second-order valence-corrected chi connectivity index (χ2v) is 5.93. The van der Waals surface area contributed by atoms with Gasteiger partial charge < -0.3 is 0 Å². The van der Waals surface area contributed by atoms with Crippen molar-refractivity contribution in [2.24, 2.45) is 5.92 Å². The van der Waals surface area contributed by atoms with E-state index in [0.29, 0.717) is 0 Å². The van der Waals surface area contributed by atoms with Crippen molar-refractivity contribution in [2.75, 3.05) is 6.26 Å². The number of carbonyl (C=O) groups excluding carboxylic acids is 1. The Morgan fingerprint density at radius 1 is 1.31 bits per heavy atom. The van der Waals surface area contributed by atoms with Crippen molar-refractivity contribution in [1.82, 2.24) is 0 Å². The quantitative estimate of drug-likeness (QED) is 0.683. The lowest BCUT2D eigenvalue weighted by Crippen LogP contribution is -2.30. The molecule has 0 saturated heterocycles. The Bertz CT molecular complexity index is 267.